The lowest BCUT2D eigenvalue weighted by Crippen LogP contribution is -2.61. The Hall–Kier alpha value is -1.51. The second-order valence-corrected chi connectivity index (χ2v) is 8.42. The molecule has 1 aromatic carbocycles. The van der Waals surface area contributed by atoms with Gasteiger partial charge in [-0.1, -0.05) is 17.7 Å². The summed E-state index contributed by atoms with van der Waals surface area (Å²) >= 11 is 0. The number of nitrogens with one attached hydrogen (secondary N) is 2. The highest BCUT2D eigenvalue weighted by atomic mass is 16.2. The van der Waals surface area contributed by atoms with Crippen molar-refractivity contribution in [3.05, 3.63) is 29.8 Å². The van der Waals surface area contributed by atoms with Gasteiger partial charge >= 0.3 is 0 Å². The van der Waals surface area contributed by atoms with Crippen molar-refractivity contribution >= 4 is 11.6 Å². The summed E-state index contributed by atoms with van der Waals surface area (Å²) in [5.74, 6) is 2.75. The smallest absolute Gasteiger partial charge is 0.242 e. The summed E-state index contributed by atoms with van der Waals surface area (Å²) in [6, 6.07) is 8.05. The predicted molar refractivity (Wildman–Crippen MR) is 93.3 cm³/mol. The maximum absolute atomic E-state index is 12.7. The van der Waals surface area contributed by atoms with Gasteiger partial charge < -0.3 is 10.6 Å². The molecule has 4 aliphatic carbocycles. The molecule has 1 aromatic rings. The van der Waals surface area contributed by atoms with E-state index in [0.717, 1.165) is 23.4 Å². The summed E-state index contributed by atoms with van der Waals surface area (Å²) in [5.41, 5.74) is 2.36. The van der Waals surface area contributed by atoms with Crippen molar-refractivity contribution in [1.82, 2.24) is 5.32 Å². The third-order valence-corrected chi connectivity index (χ3v) is 6.25. The molecule has 0 unspecified atom stereocenters. The minimum Gasteiger partial charge on any atom is -0.374 e. The Balaban J connectivity index is 1.40. The monoisotopic (exact) mass is 312 g/mol. The van der Waals surface area contributed by atoms with Crippen molar-refractivity contribution in [2.75, 3.05) is 5.32 Å². The largest absolute Gasteiger partial charge is 0.374 e. The highest BCUT2D eigenvalue weighted by Crippen LogP contribution is 2.55. The zero-order valence-corrected chi connectivity index (χ0v) is 14.3. The molecule has 4 fully saturated rings. The molecule has 4 saturated carbocycles. The second-order valence-electron chi connectivity index (χ2n) is 8.42. The van der Waals surface area contributed by atoms with E-state index < -0.39 is 0 Å². The molecule has 3 nitrogen and oxygen atoms in total. The lowest BCUT2D eigenvalue weighted by Gasteiger charge is -2.57. The molecule has 5 rings (SSSR count). The molecular formula is C20H28N2O. The van der Waals surface area contributed by atoms with Crippen LogP contribution in [0.25, 0.3) is 0 Å². The van der Waals surface area contributed by atoms with E-state index in [1.54, 1.807) is 0 Å². The third kappa shape index (κ3) is 2.98. The Kier molecular flexibility index (Phi) is 3.62. The molecule has 0 aromatic heterocycles. The topological polar surface area (TPSA) is 41.1 Å². The first kappa shape index (κ1) is 15.0. The lowest BCUT2D eigenvalue weighted by molar-refractivity contribution is -0.127. The number of hydrogen-bond acceptors (Lipinski definition) is 2. The average molecular weight is 312 g/mol. The summed E-state index contributed by atoms with van der Waals surface area (Å²) < 4.78 is 0. The predicted octanol–water partition coefficient (Wildman–Crippen LogP) is 3.88. The quantitative estimate of drug-likeness (QED) is 0.886. The second kappa shape index (κ2) is 5.54. The molecule has 0 radical (unpaired) electrons. The van der Waals surface area contributed by atoms with Crippen LogP contribution in [-0.2, 0) is 4.79 Å². The van der Waals surface area contributed by atoms with Crippen LogP contribution in [0.15, 0.2) is 24.3 Å². The van der Waals surface area contributed by atoms with Gasteiger partial charge in [0.15, 0.2) is 0 Å². The number of aryl methyl sites for hydroxylation is 1. The number of carbonyl (C=O) groups excluding carboxylic acids is 1. The molecule has 4 bridgehead atoms. The van der Waals surface area contributed by atoms with E-state index in [2.05, 4.69) is 29.7 Å². The molecule has 3 heteroatoms. The Labute approximate surface area is 139 Å². The van der Waals surface area contributed by atoms with Crippen molar-refractivity contribution in [2.45, 2.75) is 64.0 Å². The van der Waals surface area contributed by atoms with E-state index in [1.165, 1.54) is 44.1 Å². The minimum absolute atomic E-state index is 0.106. The van der Waals surface area contributed by atoms with E-state index in [4.69, 9.17) is 0 Å². The molecule has 23 heavy (non-hydrogen) atoms. The van der Waals surface area contributed by atoms with Crippen LogP contribution < -0.4 is 10.6 Å². The lowest BCUT2D eigenvalue weighted by atomic mass is 9.53. The molecular weight excluding hydrogens is 284 g/mol. The average Bonchev–Trinajstić information content (AvgIpc) is 2.47. The van der Waals surface area contributed by atoms with Gasteiger partial charge in [-0.15, -0.1) is 0 Å². The normalized spacial score (nSPS) is 35.8. The molecule has 0 aliphatic heterocycles. The Morgan fingerprint density at radius 3 is 2.09 bits per heavy atom. The molecule has 0 saturated heterocycles. The van der Waals surface area contributed by atoms with Crippen LogP contribution in [0.3, 0.4) is 0 Å². The first-order valence-electron chi connectivity index (χ1n) is 9.17. The third-order valence-electron chi connectivity index (χ3n) is 6.25. The summed E-state index contributed by atoms with van der Waals surface area (Å²) in [6.45, 7) is 4.04. The van der Waals surface area contributed by atoms with Gasteiger partial charge in [0.05, 0.1) is 0 Å². The molecule has 2 N–H and O–H groups in total. The Morgan fingerprint density at radius 2 is 1.57 bits per heavy atom. The van der Waals surface area contributed by atoms with Gasteiger partial charge in [0.25, 0.3) is 0 Å². The molecule has 1 amide bonds. The van der Waals surface area contributed by atoms with Crippen LogP contribution >= 0.6 is 0 Å². The maximum Gasteiger partial charge on any atom is 0.242 e. The van der Waals surface area contributed by atoms with Gasteiger partial charge in [-0.25, -0.2) is 0 Å². The number of carbonyl (C=O) groups is 1. The van der Waals surface area contributed by atoms with Crippen molar-refractivity contribution in [2.24, 2.45) is 17.8 Å². The van der Waals surface area contributed by atoms with Crippen molar-refractivity contribution in [1.29, 1.82) is 0 Å². The highest BCUT2D eigenvalue weighted by molar-refractivity contribution is 5.84. The van der Waals surface area contributed by atoms with E-state index >= 15 is 0 Å². The fourth-order valence-corrected chi connectivity index (χ4v) is 5.60. The number of amides is 1. The maximum atomic E-state index is 12.7. The first-order valence-corrected chi connectivity index (χ1v) is 9.17. The van der Waals surface area contributed by atoms with Crippen molar-refractivity contribution in [3.8, 4) is 0 Å². The van der Waals surface area contributed by atoms with Gasteiger partial charge in [0, 0.05) is 11.2 Å². The van der Waals surface area contributed by atoms with E-state index in [9.17, 15) is 4.79 Å². The zero-order chi connectivity index (χ0) is 16.0. The SMILES string of the molecule is Cc1ccc(N[C@@H](C)C(=O)NC23CC4CC(CC(C4)C2)C3)cc1. The van der Waals surface area contributed by atoms with E-state index in [1.807, 2.05) is 19.1 Å². The zero-order valence-electron chi connectivity index (χ0n) is 14.3. The number of benzene rings is 1. The molecule has 124 valence electrons. The first-order chi connectivity index (χ1) is 11.0. The fourth-order valence-electron chi connectivity index (χ4n) is 5.60. The van der Waals surface area contributed by atoms with Crippen LogP contribution in [0.4, 0.5) is 5.69 Å². The van der Waals surface area contributed by atoms with Crippen LogP contribution in [0.1, 0.15) is 51.0 Å². The Morgan fingerprint density at radius 1 is 1.04 bits per heavy atom. The van der Waals surface area contributed by atoms with Gasteiger partial charge in [-0.05, 0) is 82.3 Å². The number of hydrogen-bond donors (Lipinski definition) is 2. The highest BCUT2D eigenvalue weighted by Gasteiger charge is 2.51. The van der Waals surface area contributed by atoms with Crippen molar-refractivity contribution < 1.29 is 4.79 Å². The van der Waals surface area contributed by atoms with E-state index in [-0.39, 0.29) is 17.5 Å². The fraction of sp³-hybridized carbons (Fsp3) is 0.650. The Bertz CT molecular complexity index is 557. The summed E-state index contributed by atoms with van der Waals surface area (Å²) in [7, 11) is 0. The van der Waals surface area contributed by atoms with Gasteiger partial charge in [0.2, 0.25) is 5.91 Å². The van der Waals surface area contributed by atoms with Crippen LogP contribution in [0, 0.1) is 24.7 Å². The molecule has 0 spiro atoms. The van der Waals surface area contributed by atoms with Gasteiger partial charge in [-0.2, -0.15) is 0 Å². The molecule has 4 aliphatic rings. The van der Waals surface area contributed by atoms with Gasteiger partial charge in [-0.3, -0.25) is 4.79 Å². The molecule has 1 atom stereocenters. The van der Waals surface area contributed by atoms with Crippen LogP contribution in [-0.4, -0.2) is 17.5 Å². The molecule has 0 heterocycles. The number of rotatable bonds is 4. The standard InChI is InChI=1S/C20H28N2O/c1-13-3-5-18(6-4-13)21-14(2)19(23)22-20-10-15-7-16(11-20)9-17(8-15)12-20/h3-6,14-17,21H,7-12H2,1-2H3,(H,22,23)/t14-,15?,16?,17?,20?/m0/s1. The summed E-state index contributed by atoms with van der Waals surface area (Å²) in [4.78, 5) is 12.7. The van der Waals surface area contributed by atoms with Crippen molar-refractivity contribution in [3.63, 3.8) is 0 Å². The van der Waals surface area contributed by atoms with Crippen LogP contribution in [0.2, 0.25) is 0 Å². The van der Waals surface area contributed by atoms with Crippen LogP contribution in [0.5, 0.6) is 0 Å². The number of anilines is 1. The minimum atomic E-state index is -0.189. The van der Waals surface area contributed by atoms with Gasteiger partial charge in [0.1, 0.15) is 6.04 Å². The summed E-state index contributed by atoms with van der Waals surface area (Å²) in [5, 5.41) is 6.79. The van der Waals surface area contributed by atoms with E-state index in [0.29, 0.717) is 0 Å². The summed E-state index contributed by atoms with van der Waals surface area (Å²) in [6.07, 6.45) is 7.86.